The molecule has 0 radical (unpaired) electrons. The van der Waals surface area contributed by atoms with E-state index in [9.17, 15) is 0 Å². The lowest BCUT2D eigenvalue weighted by Gasteiger charge is -1.89. The van der Waals surface area contributed by atoms with Gasteiger partial charge in [0.25, 0.3) is 0 Å². The summed E-state index contributed by atoms with van der Waals surface area (Å²) < 4.78 is 0. The van der Waals surface area contributed by atoms with Crippen LogP contribution in [0.15, 0.2) is 34.7 Å². The molecule has 66 valence electrons. The van der Waals surface area contributed by atoms with Crippen molar-refractivity contribution >= 4 is 17.4 Å². The molecule has 0 atom stereocenters. The van der Waals surface area contributed by atoms with Crippen LogP contribution in [0, 0.1) is 11.3 Å². The highest BCUT2D eigenvalue weighted by atomic mass is 32.1. The fraction of sp³-hybridized carbons (Fsp3) is 0.182. The van der Waals surface area contributed by atoms with Gasteiger partial charge >= 0.3 is 0 Å². The van der Waals surface area contributed by atoms with Crippen LogP contribution in [0.1, 0.15) is 18.7 Å². The second kappa shape index (κ2) is 4.64. The first-order chi connectivity index (χ1) is 6.22. The summed E-state index contributed by atoms with van der Waals surface area (Å²) >= 11 is 1.64. The second-order valence-electron chi connectivity index (χ2n) is 2.95. The summed E-state index contributed by atoms with van der Waals surface area (Å²) in [5.41, 5.74) is 1.85. The van der Waals surface area contributed by atoms with E-state index in [-0.39, 0.29) is 0 Å². The van der Waals surface area contributed by atoms with E-state index in [0.717, 1.165) is 10.5 Å². The third-order valence-electron chi connectivity index (χ3n) is 1.41. The molecule has 1 rings (SSSR count). The average molecular weight is 189 g/mol. The zero-order valence-corrected chi connectivity index (χ0v) is 8.56. The number of nitriles is 1. The maximum absolute atomic E-state index is 8.82. The van der Waals surface area contributed by atoms with Gasteiger partial charge in [0.1, 0.15) is 0 Å². The van der Waals surface area contributed by atoms with Gasteiger partial charge in [-0.25, -0.2) is 0 Å². The van der Waals surface area contributed by atoms with Crippen molar-refractivity contribution < 1.29 is 0 Å². The van der Waals surface area contributed by atoms with E-state index in [1.165, 1.54) is 0 Å². The van der Waals surface area contributed by atoms with Gasteiger partial charge in [-0.3, -0.25) is 0 Å². The molecule has 0 aromatic carbocycles. The third-order valence-corrected chi connectivity index (χ3v) is 2.23. The Balaban J connectivity index is 2.92. The number of allylic oxidation sites excluding steroid dienone is 3. The summed E-state index contributed by atoms with van der Waals surface area (Å²) in [6, 6.07) is 6.14. The third kappa shape index (κ3) is 3.27. The Morgan fingerprint density at radius 2 is 2.31 bits per heavy atom. The summed E-state index contributed by atoms with van der Waals surface area (Å²) in [5, 5.41) is 10.8. The van der Waals surface area contributed by atoms with Gasteiger partial charge in [-0.05, 0) is 37.4 Å². The summed E-state index contributed by atoms with van der Waals surface area (Å²) in [5.74, 6) is 0. The van der Waals surface area contributed by atoms with Crippen LogP contribution in [0.25, 0.3) is 6.08 Å². The van der Waals surface area contributed by atoms with Crippen LogP contribution < -0.4 is 0 Å². The normalized spacial score (nSPS) is 10.7. The minimum Gasteiger partial charge on any atom is -0.192 e. The summed E-state index contributed by atoms with van der Waals surface area (Å²) in [6.45, 7) is 3.97. The Morgan fingerprint density at radius 3 is 2.77 bits per heavy atom. The van der Waals surface area contributed by atoms with Crippen LogP contribution in [-0.4, -0.2) is 0 Å². The Kier molecular flexibility index (Phi) is 3.48. The molecule has 0 aliphatic rings. The Labute approximate surface area is 82.6 Å². The minimum absolute atomic E-state index is 0.711. The van der Waals surface area contributed by atoms with Crippen LogP contribution in [0.5, 0.6) is 0 Å². The van der Waals surface area contributed by atoms with Crippen molar-refractivity contribution in [2.24, 2.45) is 0 Å². The molecular formula is C11H11NS. The molecule has 0 aliphatic carbocycles. The summed E-state index contributed by atoms with van der Waals surface area (Å²) in [7, 11) is 0. The van der Waals surface area contributed by atoms with Crippen LogP contribution in [0.3, 0.4) is 0 Å². The van der Waals surface area contributed by atoms with Crippen molar-refractivity contribution in [2.45, 2.75) is 13.8 Å². The first kappa shape index (κ1) is 9.76. The quantitative estimate of drug-likeness (QED) is 0.515. The van der Waals surface area contributed by atoms with Crippen molar-refractivity contribution in [1.82, 2.24) is 0 Å². The van der Waals surface area contributed by atoms with Gasteiger partial charge in [0.15, 0.2) is 0 Å². The molecule has 1 heterocycles. The van der Waals surface area contributed by atoms with E-state index in [4.69, 9.17) is 5.26 Å². The van der Waals surface area contributed by atoms with Gasteiger partial charge in [-0.15, -0.1) is 11.3 Å². The highest BCUT2D eigenvalue weighted by Crippen LogP contribution is 2.14. The molecule has 0 amide bonds. The minimum atomic E-state index is 0.711. The SMILES string of the molecule is CC(C)=C/C(C#N)=C\c1cccs1. The van der Waals surface area contributed by atoms with Gasteiger partial charge in [0, 0.05) is 4.88 Å². The van der Waals surface area contributed by atoms with E-state index in [1.807, 2.05) is 43.5 Å². The van der Waals surface area contributed by atoms with E-state index in [2.05, 4.69) is 6.07 Å². The summed E-state index contributed by atoms with van der Waals surface area (Å²) in [4.78, 5) is 1.12. The largest absolute Gasteiger partial charge is 0.192 e. The van der Waals surface area contributed by atoms with E-state index in [0.29, 0.717) is 5.57 Å². The highest BCUT2D eigenvalue weighted by Gasteiger charge is 1.92. The number of hydrogen-bond donors (Lipinski definition) is 0. The predicted octanol–water partition coefficient (Wildman–Crippen LogP) is 3.62. The highest BCUT2D eigenvalue weighted by molar-refractivity contribution is 7.10. The standard InChI is InChI=1S/C11H11NS/c1-9(2)6-10(8-12)7-11-4-3-5-13-11/h3-7H,1-2H3/b10-7+. The lowest BCUT2D eigenvalue weighted by molar-refractivity contribution is 1.37. The smallest absolute Gasteiger partial charge is 0.0992 e. The number of hydrogen-bond acceptors (Lipinski definition) is 2. The maximum atomic E-state index is 8.82. The maximum Gasteiger partial charge on any atom is 0.0992 e. The number of nitrogens with zero attached hydrogens (tertiary/aromatic N) is 1. The fourth-order valence-corrected chi connectivity index (χ4v) is 1.61. The van der Waals surface area contributed by atoms with Crippen molar-refractivity contribution in [3.63, 3.8) is 0 Å². The fourth-order valence-electron chi connectivity index (χ4n) is 0.944. The first-order valence-corrected chi connectivity index (χ1v) is 4.90. The molecule has 0 fully saturated rings. The zero-order chi connectivity index (χ0) is 9.68. The van der Waals surface area contributed by atoms with Gasteiger partial charge in [-0.2, -0.15) is 5.26 Å². The van der Waals surface area contributed by atoms with Gasteiger partial charge in [-0.1, -0.05) is 11.6 Å². The first-order valence-electron chi connectivity index (χ1n) is 4.02. The van der Waals surface area contributed by atoms with E-state index >= 15 is 0 Å². The van der Waals surface area contributed by atoms with Crippen LogP contribution in [-0.2, 0) is 0 Å². The molecule has 1 aromatic rings. The van der Waals surface area contributed by atoms with Crippen LogP contribution >= 0.6 is 11.3 Å². The molecule has 1 nitrogen and oxygen atoms in total. The van der Waals surface area contributed by atoms with Crippen LogP contribution in [0.4, 0.5) is 0 Å². The van der Waals surface area contributed by atoms with Crippen molar-refractivity contribution in [2.75, 3.05) is 0 Å². The molecule has 2 heteroatoms. The number of rotatable bonds is 2. The molecule has 0 saturated heterocycles. The van der Waals surface area contributed by atoms with Crippen molar-refractivity contribution in [1.29, 1.82) is 5.26 Å². The molecule has 13 heavy (non-hydrogen) atoms. The molecule has 0 aliphatic heterocycles. The second-order valence-corrected chi connectivity index (χ2v) is 3.93. The average Bonchev–Trinajstić information content (AvgIpc) is 2.55. The lowest BCUT2D eigenvalue weighted by atomic mass is 10.2. The predicted molar refractivity (Wildman–Crippen MR) is 57.3 cm³/mol. The number of thiophene rings is 1. The molecule has 0 saturated carbocycles. The molecule has 0 N–H and O–H groups in total. The Bertz CT molecular complexity index is 359. The lowest BCUT2D eigenvalue weighted by Crippen LogP contribution is -1.73. The monoisotopic (exact) mass is 189 g/mol. The van der Waals surface area contributed by atoms with Crippen LogP contribution in [0.2, 0.25) is 0 Å². The van der Waals surface area contributed by atoms with Crippen molar-refractivity contribution in [3.05, 3.63) is 39.6 Å². The zero-order valence-electron chi connectivity index (χ0n) is 7.74. The molecule has 0 spiro atoms. The molecular weight excluding hydrogens is 178 g/mol. The van der Waals surface area contributed by atoms with E-state index < -0.39 is 0 Å². The summed E-state index contributed by atoms with van der Waals surface area (Å²) in [6.07, 6.45) is 3.79. The molecule has 0 bridgehead atoms. The topological polar surface area (TPSA) is 23.8 Å². The Hall–Kier alpha value is -1.33. The van der Waals surface area contributed by atoms with Crippen molar-refractivity contribution in [3.8, 4) is 6.07 Å². The molecule has 1 aromatic heterocycles. The van der Waals surface area contributed by atoms with Gasteiger partial charge < -0.3 is 0 Å². The Morgan fingerprint density at radius 1 is 1.54 bits per heavy atom. The van der Waals surface area contributed by atoms with E-state index in [1.54, 1.807) is 11.3 Å². The molecule has 0 unspecified atom stereocenters. The van der Waals surface area contributed by atoms with Gasteiger partial charge in [0.2, 0.25) is 0 Å². The van der Waals surface area contributed by atoms with Gasteiger partial charge in [0.05, 0.1) is 11.6 Å².